The molecule has 3 rings (SSSR count). The fourth-order valence-corrected chi connectivity index (χ4v) is 3.30. The van der Waals surface area contributed by atoms with E-state index >= 15 is 0 Å². The Morgan fingerprint density at radius 3 is 2.67 bits per heavy atom. The number of rotatable bonds is 6. The van der Waals surface area contributed by atoms with Crippen molar-refractivity contribution >= 4 is 22.6 Å². The number of halogens is 1. The van der Waals surface area contributed by atoms with Gasteiger partial charge in [0.2, 0.25) is 0 Å². The van der Waals surface area contributed by atoms with Crippen molar-refractivity contribution in [1.82, 2.24) is 14.5 Å². The summed E-state index contributed by atoms with van der Waals surface area (Å²) in [6.07, 6.45) is 0.691. The molecule has 0 spiro atoms. The molecule has 0 aliphatic rings. The summed E-state index contributed by atoms with van der Waals surface area (Å²) >= 11 is 6.07. The van der Waals surface area contributed by atoms with Gasteiger partial charge in [-0.25, -0.2) is 4.98 Å². The molecule has 0 bridgehead atoms. The fraction of sp³-hybridized carbons (Fsp3) is 0.316. The van der Waals surface area contributed by atoms with Crippen molar-refractivity contribution in [3.05, 3.63) is 64.9 Å². The molecule has 3 aromatic rings. The molecule has 1 N–H and O–H groups in total. The van der Waals surface area contributed by atoms with Crippen LogP contribution in [-0.2, 0) is 13.6 Å². The van der Waals surface area contributed by atoms with Gasteiger partial charge in [-0.3, -0.25) is 4.90 Å². The molecule has 5 heteroatoms. The molecule has 0 aliphatic carbocycles. The highest BCUT2D eigenvalue weighted by molar-refractivity contribution is 6.31. The SMILES string of the molecule is CN(Cc1nc2cc(Cl)ccc2n1C)C(CCO)c1ccccc1. The van der Waals surface area contributed by atoms with Crippen molar-refractivity contribution in [3.63, 3.8) is 0 Å². The lowest BCUT2D eigenvalue weighted by Crippen LogP contribution is -2.26. The summed E-state index contributed by atoms with van der Waals surface area (Å²) < 4.78 is 2.10. The van der Waals surface area contributed by atoms with Crippen LogP contribution in [0.3, 0.4) is 0 Å². The summed E-state index contributed by atoms with van der Waals surface area (Å²) in [5, 5.41) is 10.1. The average molecular weight is 344 g/mol. The number of hydrogen-bond donors (Lipinski definition) is 1. The van der Waals surface area contributed by atoms with Gasteiger partial charge in [0, 0.05) is 24.7 Å². The summed E-state index contributed by atoms with van der Waals surface area (Å²) in [6.45, 7) is 0.852. The maximum Gasteiger partial charge on any atom is 0.123 e. The number of hydrogen-bond acceptors (Lipinski definition) is 3. The number of benzene rings is 2. The normalized spacial score (nSPS) is 12.9. The zero-order chi connectivity index (χ0) is 17.1. The molecule has 4 nitrogen and oxygen atoms in total. The van der Waals surface area contributed by atoms with Crippen LogP contribution >= 0.6 is 11.6 Å². The summed E-state index contributed by atoms with van der Waals surface area (Å²) in [5.74, 6) is 0.980. The van der Waals surface area contributed by atoms with Crippen molar-refractivity contribution in [2.45, 2.75) is 19.0 Å². The van der Waals surface area contributed by atoms with E-state index in [4.69, 9.17) is 16.6 Å². The molecule has 1 heterocycles. The molecule has 0 aliphatic heterocycles. The summed E-state index contributed by atoms with van der Waals surface area (Å²) in [4.78, 5) is 6.95. The van der Waals surface area contributed by atoms with E-state index in [2.05, 4.69) is 28.6 Å². The lowest BCUT2D eigenvalue weighted by atomic mass is 10.0. The van der Waals surface area contributed by atoms with E-state index in [9.17, 15) is 5.11 Å². The highest BCUT2D eigenvalue weighted by Gasteiger charge is 2.19. The number of nitrogens with zero attached hydrogens (tertiary/aromatic N) is 3. The molecule has 2 aromatic carbocycles. The Kier molecular flexibility index (Phi) is 5.19. The highest BCUT2D eigenvalue weighted by atomic mass is 35.5. The Hall–Kier alpha value is -1.88. The van der Waals surface area contributed by atoms with Gasteiger partial charge in [0.1, 0.15) is 5.82 Å². The Morgan fingerprint density at radius 1 is 1.21 bits per heavy atom. The van der Waals surface area contributed by atoms with Crippen molar-refractivity contribution in [3.8, 4) is 0 Å². The van der Waals surface area contributed by atoms with Crippen LogP contribution in [0.25, 0.3) is 11.0 Å². The van der Waals surface area contributed by atoms with Crippen molar-refractivity contribution in [1.29, 1.82) is 0 Å². The monoisotopic (exact) mass is 343 g/mol. The Labute approximate surface area is 147 Å². The number of aromatic nitrogens is 2. The van der Waals surface area contributed by atoms with E-state index in [0.717, 1.165) is 16.9 Å². The van der Waals surface area contributed by atoms with Crippen LogP contribution in [0.4, 0.5) is 0 Å². The van der Waals surface area contributed by atoms with Gasteiger partial charge in [-0.2, -0.15) is 0 Å². The van der Waals surface area contributed by atoms with Gasteiger partial charge >= 0.3 is 0 Å². The van der Waals surface area contributed by atoms with Crippen molar-refractivity contribution in [2.24, 2.45) is 7.05 Å². The van der Waals surface area contributed by atoms with E-state index in [0.29, 0.717) is 18.0 Å². The molecule has 1 unspecified atom stereocenters. The van der Waals surface area contributed by atoms with Crippen LogP contribution in [0.15, 0.2) is 48.5 Å². The van der Waals surface area contributed by atoms with Crippen LogP contribution in [0.5, 0.6) is 0 Å². The van der Waals surface area contributed by atoms with Gasteiger partial charge < -0.3 is 9.67 Å². The minimum atomic E-state index is 0.152. The smallest absolute Gasteiger partial charge is 0.123 e. The first kappa shape index (κ1) is 17.0. The van der Waals surface area contributed by atoms with E-state index in [1.807, 2.05) is 43.4 Å². The Balaban J connectivity index is 1.87. The number of aryl methyl sites for hydroxylation is 1. The molecule has 126 valence electrons. The van der Waals surface area contributed by atoms with Crippen molar-refractivity contribution in [2.75, 3.05) is 13.7 Å². The minimum absolute atomic E-state index is 0.152. The first-order chi connectivity index (χ1) is 11.6. The second-order valence-corrected chi connectivity index (χ2v) is 6.51. The molecular weight excluding hydrogens is 322 g/mol. The van der Waals surface area contributed by atoms with E-state index in [-0.39, 0.29) is 12.6 Å². The van der Waals surface area contributed by atoms with E-state index < -0.39 is 0 Å². The largest absolute Gasteiger partial charge is 0.396 e. The molecule has 0 fully saturated rings. The van der Waals surface area contributed by atoms with Gasteiger partial charge in [-0.1, -0.05) is 41.9 Å². The quantitative estimate of drug-likeness (QED) is 0.740. The number of aliphatic hydroxyl groups is 1. The van der Waals surface area contributed by atoms with E-state index in [1.165, 1.54) is 5.56 Å². The third-order valence-corrected chi connectivity index (χ3v) is 4.68. The molecule has 0 amide bonds. The zero-order valence-corrected chi connectivity index (χ0v) is 14.7. The van der Waals surface area contributed by atoms with Crippen LogP contribution in [0.1, 0.15) is 23.9 Å². The third kappa shape index (κ3) is 3.46. The van der Waals surface area contributed by atoms with Gasteiger partial charge in [-0.05, 0) is 37.2 Å². The topological polar surface area (TPSA) is 41.3 Å². The van der Waals surface area contributed by atoms with Gasteiger partial charge in [0.15, 0.2) is 0 Å². The van der Waals surface area contributed by atoms with Gasteiger partial charge in [0.05, 0.1) is 17.6 Å². The Morgan fingerprint density at radius 2 is 1.96 bits per heavy atom. The molecule has 1 atom stereocenters. The molecule has 0 saturated heterocycles. The predicted molar refractivity (Wildman–Crippen MR) is 98.1 cm³/mol. The van der Waals surface area contributed by atoms with Crippen LogP contribution < -0.4 is 0 Å². The lowest BCUT2D eigenvalue weighted by molar-refractivity contribution is 0.176. The first-order valence-corrected chi connectivity index (χ1v) is 8.45. The standard InChI is InChI=1S/C19H22ClN3O/c1-22(17(10-11-24)14-6-4-3-5-7-14)13-19-21-16-12-15(20)8-9-18(16)23(19)2/h3-9,12,17,24H,10-11,13H2,1-2H3. The van der Waals surface area contributed by atoms with Crippen LogP contribution in [0.2, 0.25) is 5.02 Å². The minimum Gasteiger partial charge on any atom is -0.396 e. The van der Waals surface area contributed by atoms with Crippen LogP contribution in [-0.4, -0.2) is 33.2 Å². The van der Waals surface area contributed by atoms with E-state index in [1.54, 1.807) is 0 Å². The molecular formula is C19H22ClN3O. The van der Waals surface area contributed by atoms with Gasteiger partial charge in [-0.15, -0.1) is 0 Å². The first-order valence-electron chi connectivity index (χ1n) is 8.07. The highest BCUT2D eigenvalue weighted by Crippen LogP contribution is 2.26. The van der Waals surface area contributed by atoms with Gasteiger partial charge in [0.25, 0.3) is 0 Å². The zero-order valence-electron chi connectivity index (χ0n) is 14.0. The number of aliphatic hydroxyl groups excluding tert-OH is 1. The maximum absolute atomic E-state index is 9.45. The van der Waals surface area contributed by atoms with Crippen molar-refractivity contribution < 1.29 is 5.11 Å². The number of imidazole rings is 1. The summed E-state index contributed by atoms with van der Waals surface area (Å²) in [5.41, 5.74) is 3.18. The second kappa shape index (κ2) is 7.34. The third-order valence-electron chi connectivity index (χ3n) is 4.45. The summed E-state index contributed by atoms with van der Waals surface area (Å²) in [6, 6.07) is 16.2. The average Bonchev–Trinajstić information content (AvgIpc) is 2.88. The maximum atomic E-state index is 9.45. The molecule has 1 aromatic heterocycles. The molecule has 0 saturated carbocycles. The fourth-order valence-electron chi connectivity index (χ4n) is 3.14. The Bertz CT molecular complexity index is 816. The van der Waals surface area contributed by atoms with Crippen LogP contribution in [0, 0.1) is 0 Å². The molecule has 24 heavy (non-hydrogen) atoms. The summed E-state index contributed by atoms with van der Waals surface area (Å²) in [7, 11) is 4.09. The predicted octanol–water partition coefficient (Wildman–Crippen LogP) is 3.78. The lowest BCUT2D eigenvalue weighted by Gasteiger charge is -2.27. The number of fused-ring (bicyclic) bond motifs is 1. The molecule has 0 radical (unpaired) electrons. The second-order valence-electron chi connectivity index (χ2n) is 6.07.